The molecule has 45 heavy (non-hydrogen) atoms. The van der Waals surface area contributed by atoms with Crippen molar-refractivity contribution in [1.29, 1.82) is 0 Å². The first-order chi connectivity index (χ1) is 20.9. The molecule has 10 nitrogen and oxygen atoms in total. The minimum atomic E-state index is -4.71. The molecule has 2 aromatic carbocycles. The molecule has 1 heterocycles. The first-order valence-corrected chi connectivity index (χ1v) is 15.9. The van der Waals surface area contributed by atoms with E-state index in [0.29, 0.717) is 12.1 Å². The number of carboxylic acid groups (broad SMARTS) is 1. The molecule has 1 aliphatic rings. The number of nitrogens with zero attached hydrogens (tertiary/aromatic N) is 2. The van der Waals surface area contributed by atoms with Crippen LogP contribution in [-0.2, 0) is 14.8 Å². The van der Waals surface area contributed by atoms with E-state index in [1.807, 2.05) is 45.9 Å². The van der Waals surface area contributed by atoms with Crippen molar-refractivity contribution in [3.63, 3.8) is 0 Å². The quantitative estimate of drug-likeness (QED) is 0.200. The van der Waals surface area contributed by atoms with Crippen LogP contribution in [0.1, 0.15) is 61.5 Å². The number of carboxylic acids is 1. The number of hydrogen-bond acceptors (Lipinski definition) is 8. The number of aromatic nitrogens is 2. The summed E-state index contributed by atoms with van der Waals surface area (Å²) < 4.78 is 77.6. The summed E-state index contributed by atoms with van der Waals surface area (Å²) in [4.78, 5) is 19.9. The van der Waals surface area contributed by atoms with Gasteiger partial charge in [0.2, 0.25) is 11.8 Å². The molecule has 1 aliphatic carbocycles. The van der Waals surface area contributed by atoms with Gasteiger partial charge in [0.05, 0.1) is 21.8 Å². The van der Waals surface area contributed by atoms with Gasteiger partial charge in [-0.2, -0.15) is 4.98 Å². The van der Waals surface area contributed by atoms with Crippen molar-refractivity contribution >= 4 is 21.9 Å². The Morgan fingerprint density at radius 1 is 1.09 bits per heavy atom. The molecule has 14 heteroatoms. The molecule has 0 spiro atoms. The highest BCUT2D eigenvalue weighted by molar-refractivity contribution is 7.92. The lowest BCUT2D eigenvalue weighted by molar-refractivity contribution is -0.377. The van der Waals surface area contributed by atoms with E-state index in [-0.39, 0.29) is 59.7 Å². The summed E-state index contributed by atoms with van der Waals surface area (Å²) in [6.45, 7) is 9.35. The number of sulfonamides is 1. The van der Waals surface area contributed by atoms with Gasteiger partial charge in [-0.05, 0) is 75.3 Å². The highest BCUT2D eigenvalue weighted by Crippen LogP contribution is 2.40. The van der Waals surface area contributed by atoms with Gasteiger partial charge >= 0.3 is 12.3 Å². The second-order valence-electron chi connectivity index (χ2n) is 12.0. The van der Waals surface area contributed by atoms with Gasteiger partial charge in [-0.3, -0.25) is 4.74 Å². The number of aryl methyl sites for hydroxylation is 2. The number of anilines is 1. The summed E-state index contributed by atoms with van der Waals surface area (Å²) in [5.74, 6) is -1.24. The van der Waals surface area contributed by atoms with Gasteiger partial charge < -0.3 is 15.2 Å². The van der Waals surface area contributed by atoms with Crippen molar-refractivity contribution in [3.8, 4) is 17.1 Å². The fourth-order valence-electron chi connectivity index (χ4n) is 5.60. The summed E-state index contributed by atoms with van der Waals surface area (Å²) in [5, 5.41) is 12.7. The fourth-order valence-corrected chi connectivity index (χ4v) is 6.59. The third-order valence-corrected chi connectivity index (χ3v) is 8.76. The van der Waals surface area contributed by atoms with Crippen molar-refractivity contribution in [2.75, 3.05) is 11.3 Å². The minimum Gasteiger partial charge on any atom is -0.478 e. The number of nitrogens with one attached hydrogen (secondary N) is 2. The lowest BCUT2D eigenvalue weighted by Crippen LogP contribution is -2.58. The first-order valence-electron chi connectivity index (χ1n) is 14.4. The van der Waals surface area contributed by atoms with Crippen molar-refractivity contribution in [2.45, 2.75) is 82.8 Å². The molecule has 0 bridgehead atoms. The van der Waals surface area contributed by atoms with Crippen molar-refractivity contribution in [2.24, 2.45) is 5.92 Å². The highest BCUT2D eigenvalue weighted by Gasteiger charge is 2.49. The summed E-state index contributed by atoms with van der Waals surface area (Å²) >= 11 is 0. The Hall–Kier alpha value is -3.75. The van der Waals surface area contributed by atoms with E-state index in [4.69, 9.17) is 4.74 Å². The fraction of sp³-hybridized carbons (Fsp3) is 0.452. The topological polar surface area (TPSA) is 140 Å². The van der Waals surface area contributed by atoms with Crippen molar-refractivity contribution in [1.82, 2.24) is 15.3 Å². The lowest BCUT2D eigenvalue weighted by Gasteiger charge is -2.46. The smallest absolute Gasteiger partial charge is 0.478 e. The van der Waals surface area contributed by atoms with Crippen LogP contribution in [0.3, 0.4) is 0 Å². The van der Waals surface area contributed by atoms with Crippen LogP contribution >= 0.6 is 0 Å². The molecular formula is C31H37F3N4O6S. The molecule has 1 aromatic heterocycles. The Balaban J connectivity index is 1.60. The monoisotopic (exact) mass is 650 g/mol. The number of rotatable bonds is 13. The summed E-state index contributed by atoms with van der Waals surface area (Å²) in [5.41, 5.74) is 1.44. The normalized spacial score (nSPS) is 19.2. The molecule has 0 unspecified atom stereocenters. The Morgan fingerprint density at radius 2 is 1.73 bits per heavy atom. The Kier molecular flexibility index (Phi) is 10.1. The van der Waals surface area contributed by atoms with E-state index in [1.54, 1.807) is 6.07 Å². The maximum absolute atomic E-state index is 13.2. The number of alkyl halides is 3. The number of hydrogen-bond donors (Lipinski definition) is 3. The first kappa shape index (κ1) is 34.1. The van der Waals surface area contributed by atoms with Crippen molar-refractivity contribution in [3.05, 3.63) is 65.2 Å². The van der Waals surface area contributed by atoms with Gasteiger partial charge in [0, 0.05) is 23.7 Å². The van der Waals surface area contributed by atoms with E-state index >= 15 is 0 Å². The summed E-state index contributed by atoms with van der Waals surface area (Å²) in [6.07, 6.45) is -3.69. The standard InChI is InChI=1S/C31H37F3N4O6S/c1-18(2)12-22(35-23-15-30(5,16-23)44-31(32,33)34)17-43-26-14-25(27-19(3)8-6-9-20(27)4)36-29(37-26)38-45(41,42)24-11-7-10-21(13-24)28(39)40/h6-11,13-14,18,22-23,35H,12,15-17H2,1-5H3,(H,39,40)(H,36,37,38)/t22-,23?,30?/m1/s1. The van der Waals surface area contributed by atoms with Crippen molar-refractivity contribution < 1.29 is 41.0 Å². The van der Waals surface area contributed by atoms with E-state index in [0.717, 1.165) is 22.8 Å². The zero-order valence-electron chi connectivity index (χ0n) is 25.6. The molecule has 0 amide bonds. The lowest BCUT2D eigenvalue weighted by atomic mass is 9.76. The number of halogens is 3. The van der Waals surface area contributed by atoms with Gasteiger partial charge in [-0.25, -0.2) is 22.9 Å². The van der Waals surface area contributed by atoms with Crippen LogP contribution in [0.25, 0.3) is 11.3 Å². The average Bonchev–Trinajstić information content (AvgIpc) is 2.89. The van der Waals surface area contributed by atoms with Gasteiger partial charge in [-0.1, -0.05) is 38.1 Å². The zero-order chi connectivity index (χ0) is 33.2. The molecule has 0 aliphatic heterocycles. The van der Waals surface area contributed by atoms with Crippen LogP contribution in [0, 0.1) is 19.8 Å². The Bertz CT molecular complexity index is 1620. The van der Waals surface area contributed by atoms with Crippen LogP contribution < -0.4 is 14.8 Å². The number of carbonyl (C=O) groups is 1. The second kappa shape index (κ2) is 13.3. The molecule has 0 radical (unpaired) electrons. The largest absolute Gasteiger partial charge is 0.523 e. The molecule has 244 valence electrons. The maximum Gasteiger partial charge on any atom is 0.523 e. The van der Waals surface area contributed by atoms with Gasteiger partial charge in [0.25, 0.3) is 10.0 Å². The third kappa shape index (κ3) is 9.14. The van der Waals surface area contributed by atoms with Crippen LogP contribution in [0.4, 0.5) is 19.1 Å². The predicted octanol–water partition coefficient (Wildman–Crippen LogP) is 6.10. The molecule has 1 saturated carbocycles. The van der Waals surface area contributed by atoms with E-state index in [9.17, 15) is 31.5 Å². The zero-order valence-corrected chi connectivity index (χ0v) is 26.4. The van der Waals surface area contributed by atoms with E-state index in [2.05, 4.69) is 24.7 Å². The molecule has 3 aromatic rings. The maximum atomic E-state index is 13.2. The number of aromatic carboxylic acids is 1. The number of benzene rings is 2. The molecular weight excluding hydrogens is 613 g/mol. The van der Waals surface area contributed by atoms with Crippen LogP contribution in [0.5, 0.6) is 5.88 Å². The number of ether oxygens (including phenoxy) is 2. The van der Waals surface area contributed by atoms with Crippen LogP contribution in [-0.4, -0.2) is 60.1 Å². The Morgan fingerprint density at radius 3 is 2.33 bits per heavy atom. The van der Waals surface area contributed by atoms with Gasteiger partial charge in [0.1, 0.15) is 6.61 Å². The van der Waals surface area contributed by atoms with E-state index in [1.165, 1.54) is 25.1 Å². The third-order valence-electron chi connectivity index (χ3n) is 7.44. The molecule has 4 rings (SSSR count). The molecule has 1 atom stereocenters. The molecule has 1 fully saturated rings. The predicted molar refractivity (Wildman–Crippen MR) is 162 cm³/mol. The highest BCUT2D eigenvalue weighted by atomic mass is 32.2. The summed E-state index contributed by atoms with van der Waals surface area (Å²) in [6, 6.07) is 11.7. The second-order valence-corrected chi connectivity index (χ2v) is 13.7. The molecule has 0 saturated heterocycles. The van der Waals surface area contributed by atoms with Gasteiger partial charge in [-0.15, -0.1) is 13.2 Å². The van der Waals surface area contributed by atoms with Gasteiger partial charge in [0.15, 0.2) is 0 Å². The minimum absolute atomic E-state index is 0.0778. The SMILES string of the molecule is Cc1cccc(C)c1-c1cc(OC[C@@H](CC(C)C)NC2CC(C)(OC(F)(F)F)C2)nc(NS(=O)(=O)c2cccc(C(=O)O)c2)n1. The van der Waals surface area contributed by atoms with Crippen LogP contribution in [0.2, 0.25) is 0 Å². The average molecular weight is 651 g/mol. The van der Waals surface area contributed by atoms with Crippen LogP contribution in [0.15, 0.2) is 53.4 Å². The Labute approximate surface area is 260 Å². The molecule has 3 N–H and O–H groups in total. The summed E-state index contributed by atoms with van der Waals surface area (Å²) in [7, 11) is -4.29. The van der Waals surface area contributed by atoms with E-state index < -0.39 is 28.0 Å².